The Morgan fingerprint density at radius 2 is 2.00 bits per heavy atom. The van der Waals surface area contributed by atoms with Crippen molar-refractivity contribution in [2.45, 2.75) is 43.7 Å². The third kappa shape index (κ3) is 1.57. The van der Waals surface area contributed by atoms with Crippen LogP contribution in [-0.2, 0) is 0 Å². The second-order valence-corrected chi connectivity index (χ2v) is 5.01. The van der Waals surface area contributed by atoms with Gasteiger partial charge in [-0.05, 0) is 50.3 Å². The molecule has 2 heteroatoms. The Labute approximate surface area is 91.3 Å². The van der Waals surface area contributed by atoms with Crippen molar-refractivity contribution in [2.75, 3.05) is 7.05 Å². The van der Waals surface area contributed by atoms with Gasteiger partial charge in [-0.1, -0.05) is 6.07 Å². The Hall–Kier alpha value is -0.890. The van der Waals surface area contributed by atoms with Crippen LogP contribution in [0.1, 0.15) is 37.2 Å². The molecular weight excluding hydrogens is 184 g/mol. The first kappa shape index (κ1) is 9.34. The molecule has 2 saturated heterocycles. The molecule has 2 aliphatic rings. The number of fused-ring (bicyclic) bond motifs is 2. The highest BCUT2D eigenvalue weighted by Crippen LogP contribution is 2.41. The van der Waals surface area contributed by atoms with E-state index >= 15 is 0 Å². The van der Waals surface area contributed by atoms with Crippen LogP contribution in [0.15, 0.2) is 24.5 Å². The van der Waals surface area contributed by atoms with Crippen LogP contribution < -0.4 is 0 Å². The van der Waals surface area contributed by atoms with Crippen LogP contribution in [0.3, 0.4) is 0 Å². The van der Waals surface area contributed by atoms with E-state index in [1.165, 1.54) is 31.2 Å². The van der Waals surface area contributed by atoms with Crippen molar-refractivity contribution in [1.29, 1.82) is 0 Å². The van der Waals surface area contributed by atoms with E-state index in [1.54, 1.807) is 0 Å². The molecule has 0 unspecified atom stereocenters. The van der Waals surface area contributed by atoms with E-state index in [4.69, 9.17) is 0 Å². The summed E-state index contributed by atoms with van der Waals surface area (Å²) < 4.78 is 0. The maximum absolute atomic E-state index is 4.24. The minimum atomic E-state index is 0.757. The van der Waals surface area contributed by atoms with Gasteiger partial charge in [0.2, 0.25) is 0 Å². The summed E-state index contributed by atoms with van der Waals surface area (Å²) >= 11 is 0. The molecule has 1 aromatic heterocycles. The molecule has 0 radical (unpaired) electrons. The molecule has 3 rings (SSSR count). The minimum Gasteiger partial charge on any atom is -0.300 e. The van der Waals surface area contributed by atoms with Crippen LogP contribution >= 0.6 is 0 Å². The second kappa shape index (κ2) is 3.60. The fourth-order valence-corrected chi connectivity index (χ4v) is 3.30. The van der Waals surface area contributed by atoms with Gasteiger partial charge in [-0.3, -0.25) is 4.98 Å². The second-order valence-electron chi connectivity index (χ2n) is 5.01. The van der Waals surface area contributed by atoms with Crippen LogP contribution in [-0.4, -0.2) is 29.0 Å². The topological polar surface area (TPSA) is 16.1 Å². The predicted molar refractivity (Wildman–Crippen MR) is 60.8 cm³/mol. The molecule has 2 fully saturated rings. The van der Waals surface area contributed by atoms with Gasteiger partial charge >= 0.3 is 0 Å². The lowest BCUT2D eigenvalue weighted by Crippen LogP contribution is -2.39. The van der Waals surface area contributed by atoms with Gasteiger partial charge in [0, 0.05) is 24.5 Å². The highest BCUT2D eigenvalue weighted by molar-refractivity contribution is 5.17. The molecular formula is C13H18N2. The van der Waals surface area contributed by atoms with Crippen LogP contribution in [0.25, 0.3) is 0 Å². The highest BCUT2D eigenvalue weighted by Gasteiger charge is 2.38. The van der Waals surface area contributed by atoms with E-state index in [0.717, 1.165) is 18.0 Å². The van der Waals surface area contributed by atoms with Crippen molar-refractivity contribution in [1.82, 2.24) is 9.88 Å². The molecule has 2 aliphatic heterocycles. The third-order valence-corrected chi connectivity index (χ3v) is 4.25. The summed E-state index contributed by atoms with van der Waals surface area (Å²) in [5.74, 6) is 0.757. The van der Waals surface area contributed by atoms with Crippen molar-refractivity contribution in [3.8, 4) is 0 Å². The highest BCUT2D eigenvalue weighted by atomic mass is 15.2. The maximum Gasteiger partial charge on any atom is 0.0302 e. The Morgan fingerprint density at radius 1 is 1.27 bits per heavy atom. The van der Waals surface area contributed by atoms with Gasteiger partial charge in [0.25, 0.3) is 0 Å². The van der Waals surface area contributed by atoms with Crippen molar-refractivity contribution in [2.24, 2.45) is 0 Å². The smallest absolute Gasteiger partial charge is 0.0302 e. The first-order valence-corrected chi connectivity index (χ1v) is 5.96. The zero-order chi connectivity index (χ0) is 10.3. The summed E-state index contributed by atoms with van der Waals surface area (Å²) in [5.41, 5.74) is 1.45. The number of rotatable bonds is 1. The molecule has 3 heterocycles. The van der Waals surface area contributed by atoms with Crippen molar-refractivity contribution in [3.63, 3.8) is 0 Å². The van der Waals surface area contributed by atoms with E-state index in [9.17, 15) is 0 Å². The van der Waals surface area contributed by atoms with Crippen LogP contribution in [0.4, 0.5) is 0 Å². The lowest BCUT2D eigenvalue weighted by atomic mass is 9.86. The molecule has 0 aromatic carbocycles. The predicted octanol–water partition coefficient (Wildman–Crippen LogP) is 2.42. The normalized spacial score (nSPS) is 35.7. The molecule has 80 valence electrons. The molecule has 2 bridgehead atoms. The number of pyridine rings is 1. The van der Waals surface area contributed by atoms with E-state index in [2.05, 4.69) is 35.3 Å². The Balaban J connectivity index is 1.81. The number of hydrogen-bond acceptors (Lipinski definition) is 2. The van der Waals surface area contributed by atoms with E-state index in [0.29, 0.717) is 0 Å². The molecule has 0 saturated carbocycles. The molecule has 0 spiro atoms. The summed E-state index contributed by atoms with van der Waals surface area (Å²) in [6.07, 6.45) is 9.38. The van der Waals surface area contributed by atoms with E-state index < -0.39 is 0 Å². The minimum absolute atomic E-state index is 0.757. The SMILES string of the molecule is CN1[C@@H]2CC[C@H]1C[C@H](c1cccnc1)C2. The van der Waals surface area contributed by atoms with Crippen LogP contribution in [0.5, 0.6) is 0 Å². The standard InChI is InChI=1S/C13H18N2/c1-15-12-4-5-13(15)8-11(7-12)10-3-2-6-14-9-10/h2-3,6,9,11-13H,4-5,7-8H2,1H3/t11-,12-,13+. The van der Waals surface area contributed by atoms with Crippen molar-refractivity contribution >= 4 is 0 Å². The maximum atomic E-state index is 4.24. The van der Waals surface area contributed by atoms with Gasteiger partial charge in [0.05, 0.1) is 0 Å². The average molecular weight is 202 g/mol. The van der Waals surface area contributed by atoms with Gasteiger partial charge in [-0.2, -0.15) is 0 Å². The Bertz CT molecular complexity index is 322. The fourth-order valence-electron chi connectivity index (χ4n) is 3.30. The van der Waals surface area contributed by atoms with Crippen LogP contribution in [0.2, 0.25) is 0 Å². The van der Waals surface area contributed by atoms with Gasteiger partial charge < -0.3 is 4.90 Å². The summed E-state index contributed by atoms with van der Waals surface area (Å²) in [7, 11) is 2.29. The number of nitrogens with zero attached hydrogens (tertiary/aromatic N) is 2. The monoisotopic (exact) mass is 202 g/mol. The molecule has 0 amide bonds. The molecule has 0 aliphatic carbocycles. The largest absolute Gasteiger partial charge is 0.300 e. The molecule has 2 nitrogen and oxygen atoms in total. The van der Waals surface area contributed by atoms with Crippen LogP contribution in [0, 0.1) is 0 Å². The summed E-state index contributed by atoms with van der Waals surface area (Å²) in [6.45, 7) is 0. The summed E-state index contributed by atoms with van der Waals surface area (Å²) in [6, 6.07) is 5.96. The Morgan fingerprint density at radius 3 is 2.60 bits per heavy atom. The molecule has 1 aromatic rings. The lowest BCUT2D eigenvalue weighted by Gasteiger charge is -2.36. The van der Waals surface area contributed by atoms with Gasteiger partial charge in [-0.25, -0.2) is 0 Å². The molecule has 15 heavy (non-hydrogen) atoms. The number of aromatic nitrogens is 1. The Kier molecular flexibility index (Phi) is 2.24. The van der Waals surface area contributed by atoms with Gasteiger partial charge in [0.15, 0.2) is 0 Å². The quantitative estimate of drug-likeness (QED) is 0.695. The molecule has 0 N–H and O–H groups in total. The van der Waals surface area contributed by atoms with Gasteiger partial charge in [0.1, 0.15) is 0 Å². The summed E-state index contributed by atoms with van der Waals surface area (Å²) in [4.78, 5) is 6.83. The van der Waals surface area contributed by atoms with Crippen molar-refractivity contribution in [3.05, 3.63) is 30.1 Å². The zero-order valence-electron chi connectivity index (χ0n) is 9.26. The lowest BCUT2D eigenvalue weighted by molar-refractivity contribution is 0.161. The van der Waals surface area contributed by atoms with Crippen molar-refractivity contribution < 1.29 is 0 Å². The number of hydrogen-bond donors (Lipinski definition) is 0. The first-order chi connectivity index (χ1) is 7.34. The van der Waals surface area contributed by atoms with E-state index in [-0.39, 0.29) is 0 Å². The third-order valence-electron chi connectivity index (χ3n) is 4.25. The number of piperidine rings is 1. The fraction of sp³-hybridized carbons (Fsp3) is 0.615. The van der Waals surface area contributed by atoms with E-state index in [1.807, 2.05) is 6.20 Å². The summed E-state index contributed by atoms with van der Waals surface area (Å²) in [5, 5.41) is 0. The first-order valence-electron chi connectivity index (χ1n) is 5.96. The van der Waals surface area contributed by atoms with Gasteiger partial charge in [-0.15, -0.1) is 0 Å². The average Bonchev–Trinajstić information content (AvgIpc) is 2.54. The molecule has 3 atom stereocenters. The zero-order valence-corrected chi connectivity index (χ0v) is 9.26.